The van der Waals surface area contributed by atoms with Crippen molar-refractivity contribution in [3.63, 3.8) is 0 Å². The summed E-state index contributed by atoms with van der Waals surface area (Å²) in [6, 6.07) is 3.36. The minimum atomic E-state index is -0.734. The molecule has 1 heterocycles. The second kappa shape index (κ2) is 8.27. The van der Waals surface area contributed by atoms with Crippen molar-refractivity contribution in [1.29, 1.82) is 0 Å². The van der Waals surface area contributed by atoms with Crippen molar-refractivity contribution in [2.45, 2.75) is 57.7 Å². The largest absolute Gasteiger partial charge is 0.496 e. The normalized spacial score (nSPS) is 21.3. The molecule has 0 spiro atoms. The molecule has 1 aliphatic heterocycles. The molecule has 1 aromatic carbocycles. The molecule has 2 rings (SSSR count). The molecular formula is C20H31NO5. The van der Waals surface area contributed by atoms with Crippen LogP contribution in [0.2, 0.25) is 0 Å². The van der Waals surface area contributed by atoms with Gasteiger partial charge in [0.1, 0.15) is 17.5 Å². The third kappa shape index (κ3) is 4.30. The predicted octanol–water partition coefficient (Wildman–Crippen LogP) is 2.50. The summed E-state index contributed by atoms with van der Waals surface area (Å²) >= 11 is 0. The van der Waals surface area contributed by atoms with Gasteiger partial charge in [0.2, 0.25) is 0 Å². The Balaban J connectivity index is 2.42. The van der Waals surface area contributed by atoms with Crippen molar-refractivity contribution in [2.75, 3.05) is 27.9 Å². The van der Waals surface area contributed by atoms with E-state index in [1.165, 1.54) is 7.11 Å². The first-order chi connectivity index (χ1) is 12.2. The van der Waals surface area contributed by atoms with E-state index in [-0.39, 0.29) is 5.41 Å². The SMILES string of the molecule is COC(=O)C1C(O)CCCN1Cc1c(OC)cc(C(C)(C)C)cc1OC. The molecule has 1 fully saturated rings. The Hall–Kier alpha value is -1.79. The number of ether oxygens (including phenoxy) is 3. The summed E-state index contributed by atoms with van der Waals surface area (Å²) in [5.41, 5.74) is 1.93. The van der Waals surface area contributed by atoms with Crippen molar-refractivity contribution in [3.8, 4) is 11.5 Å². The molecule has 0 saturated carbocycles. The lowest BCUT2D eigenvalue weighted by atomic mass is 9.86. The highest BCUT2D eigenvalue weighted by Gasteiger charge is 2.37. The second-order valence-electron chi connectivity index (χ2n) is 7.76. The fourth-order valence-corrected chi connectivity index (χ4v) is 3.42. The van der Waals surface area contributed by atoms with Gasteiger partial charge in [-0.3, -0.25) is 9.69 Å². The Morgan fingerprint density at radius 3 is 2.23 bits per heavy atom. The van der Waals surface area contributed by atoms with Gasteiger partial charge < -0.3 is 19.3 Å². The first-order valence-electron chi connectivity index (χ1n) is 8.98. The highest BCUT2D eigenvalue weighted by Crippen LogP contribution is 2.37. The lowest BCUT2D eigenvalue weighted by Gasteiger charge is -2.37. The number of aliphatic hydroxyl groups is 1. The van der Waals surface area contributed by atoms with Gasteiger partial charge in [-0.25, -0.2) is 0 Å². The molecule has 0 aromatic heterocycles. The predicted molar refractivity (Wildman–Crippen MR) is 99.7 cm³/mol. The van der Waals surface area contributed by atoms with Crippen LogP contribution >= 0.6 is 0 Å². The van der Waals surface area contributed by atoms with Crippen molar-refractivity contribution < 1.29 is 24.1 Å². The van der Waals surface area contributed by atoms with Gasteiger partial charge >= 0.3 is 5.97 Å². The number of nitrogens with zero attached hydrogens (tertiary/aromatic N) is 1. The van der Waals surface area contributed by atoms with E-state index in [1.54, 1.807) is 14.2 Å². The number of aliphatic hydroxyl groups excluding tert-OH is 1. The zero-order valence-electron chi connectivity index (χ0n) is 16.7. The number of hydrogen-bond donors (Lipinski definition) is 1. The van der Waals surface area contributed by atoms with Gasteiger partial charge in [-0.1, -0.05) is 20.8 Å². The smallest absolute Gasteiger partial charge is 0.325 e. The Labute approximate surface area is 156 Å². The number of carbonyl (C=O) groups excluding carboxylic acids is 1. The Bertz CT molecular complexity index is 613. The standard InChI is InChI=1S/C20H31NO5/c1-20(2,3)13-10-16(24-4)14(17(11-13)25-5)12-21-9-7-8-15(22)18(21)19(23)26-6/h10-11,15,18,22H,7-9,12H2,1-6H3. The molecular weight excluding hydrogens is 334 g/mol. The second-order valence-corrected chi connectivity index (χ2v) is 7.76. The highest BCUT2D eigenvalue weighted by atomic mass is 16.5. The fraction of sp³-hybridized carbons (Fsp3) is 0.650. The molecule has 146 valence electrons. The molecule has 1 saturated heterocycles. The van der Waals surface area contributed by atoms with Gasteiger partial charge in [-0.2, -0.15) is 0 Å². The van der Waals surface area contributed by atoms with Crippen LogP contribution in [0.1, 0.15) is 44.7 Å². The Kier molecular flexibility index (Phi) is 6.53. The maximum absolute atomic E-state index is 12.2. The van der Waals surface area contributed by atoms with Crippen LogP contribution in [0.3, 0.4) is 0 Å². The zero-order chi connectivity index (χ0) is 19.5. The van der Waals surface area contributed by atoms with E-state index in [0.717, 1.165) is 29.0 Å². The van der Waals surface area contributed by atoms with Crippen LogP contribution in [0.4, 0.5) is 0 Å². The lowest BCUT2D eigenvalue weighted by molar-refractivity contribution is -0.154. The first-order valence-corrected chi connectivity index (χ1v) is 8.98. The number of esters is 1. The zero-order valence-corrected chi connectivity index (χ0v) is 16.7. The minimum absolute atomic E-state index is 0.0467. The quantitative estimate of drug-likeness (QED) is 0.809. The molecule has 0 radical (unpaired) electrons. The topological polar surface area (TPSA) is 68.2 Å². The molecule has 0 aliphatic carbocycles. The van der Waals surface area contributed by atoms with E-state index in [2.05, 4.69) is 20.8 Å². The average molecular weight is 365 g/mol. The molecule has 2 unspecified atom stereocenters. The van der Waals surface area contributed by atoms with E-state index in [0.29, 0.717) is 19.5 Å². The summed E-state index contributed by atoms with van der Waals surface area (Å²) in [5, 5.41) is 10.3. The molecule has 1 aromatic rings. The van der Waals surface area contributed by atoms with Crippen molar-refractivity contribution in [3.05, 3.63) is 23.3 Å². The molecule has 6 nitrogen and oxygen atoms in total. The van der Waals surface area contributed by atoms with E-state index in [4.69, 9.17) is 14.2 Å². The molecule has 1 aliphatic rings. The van der Waals surface area contributed by atoms with Gasteiger partial charge in [0.05, 0.1) is 33.0 Å². The molecule has 0 bridgehead atoms. The van der Waals surface area contributed by atoms with Crippen LogP contribution in [0.15, 0.2) is 12.1 Å². The highest BCUT2D eigenvalue weighted by molar-refractivity contribution is 5.76. The van der Waals surface area contributed by atoms with Gasteiger partial charge in [0, 0.05) is 6.54 Å². The Morgan fingerprint density at radius 1 is 1.19 bits per heavy atom. The fourth-order valence-electron chi connectivity index (χ4n) is 3.42. The monoisotopic (exact) mass is 365 g/mol. The number of piperidine rings is 1. The van der Waals surface area contributed by atoms with E-state index in [1.807, 2.05) is 17.0 Å². The summed E-state index contributed by atoms with van der Waals surface area (Å²) in [4.78, 5) is 14.1. The summed E-state index contributed by atoms with van der Waals surface area (Å²) in [6.07, 6.45) is 0.675. The number of carbonyl (C=O) groups is 1. The van der Waals surface area contributed by atoms with Crippen molar-refractivity contribution >= 4 is 5.97 Å². The summed E-state index contributed by atoms with van der Waals surface area (Å²) < 4.78 is 16.2. The van der Waals surface area contributed by atoms with Crippen LogP contribution in [0.5, 0.6) is 11.5 Å². The third-order valence-electron chi connectivity index (χ3n) is 4.98. The molecule has 26 heavy (non-hydrogen) atoms. The van der Waals surface area contributed by atoms with Gasteiger partial charge in [0.15, 0.2) is 0 Å². The van der Waals surface area contributed by atoms with Crippen LogP contribution < -0.4 is 9.47 Å². The number of methoxy groups -OCH3 is 3. The maximum Gasteiger partial charge on any atom is 0.325 e. The van der Waals surface area contributed by atoms with E-state index < -0.39 is 18.1 Å². The van der Waals surface area contributed by atoms with Crippen LogP contribution in [0.25, 0.3) is 0 Å². The number of benzene rings is 1. The number of likely N-dealkylation sites (tertiary alicyclic amines) is 1. The van der Waals surface area contributed by atoms with Gasteiger partial charge in [0.25, 0.3) is 0 Å². The number of hydrogen-bond acceptors (Lipinski definition) is 6. The average Bonchev–Trinajstić information content (AvgIpc) is 2.60. The van der Waals surface area contributed by atoms with Crippen LogP contribution in [0, 0.1) is 0 Å². The summed E-state index contributed by atoms with van der Waals surface area (Å²) in [7, 11) is 4.61. The molecule has 6 heteroatoms. The first kappa shape index (κ1) is 20.5. The molecule has 0 amide bonds. The third-order valence-corrected chi connectivity index (χ3v) is 4.98. The molecule has 1 N–H and O–H groups in total. The van der Waals surface area contributed by atoms with Gasteiger partial charge in [-0.05, 0) is 42.5 Å². The van der Waals surface area contributed by atoms with E-state index >= 15 is 0 Å². The maximum atomic E-state index is 12.2. The molecule has 2 atom stereocenters. The van der Waals surface area contributed by atoms with Crippen molar-refractivity contribution in [2.24, 2.45) is 0 Å². The van der Waals surface area contributed by atoms with Crippen molar-refractivity contribution in [1.82, 2.24) is 4.90 Å². The minimum Gasteiger partial charge on any atom is -0.496 e. The van der Waals surface area contributed by atoms with Crippen LogP contribution in [-0.2, 0) is 21.5 Å². The summed E-state index contributed by atoms with van der Waals surface area (Å²) in [6.45, 7) is 7.54. The summed E-state index contributed by atoms with van der Waals surface area (Å²) in [5.74, 6) is 1.03. The number of rotatable bonds is 5. The van der Waals surface area contributed by atoms with Crippen LogP contribution in [-0.4, -0.2) is 56.0 Å². The van der Waals surface area contributed by atoms with E-state index in [9.17, 15) is 9.90 Å². The van der Waals surface area contributed by atoms with Gasteiger partial charge in [-0.15, -0.1) is 0 Å². The lowest BCUT2D eigenvalue weighted by Crippen LogP contribution is -2.52. The Morgan fingerprint density at radius 2 is 1.77 bits per heavy atom.